The summed E-state index contributed by atoms with van der Waals surface area (Å²) in [6.07, 6.45) is -2.89. The third-order valence-corrected chi connectivity index (χ3v) is 4.11. The van der Waals surface area contributed by atoms with Gasteiger partial charge >= 0.3 is 6.18 Å². The largest absolute Gasteiger partial charge is 0.416 e. The standard InChI is InChI=1S/C17H17F4N3/c18-16-11-15(4-5-22-16)24-8-6-23(7-9-24)12-13-2-1-3-14(10-13)17(19,20)21/h1-5,10-11H,6-9,12H2. The van der Waals surface area contributed by atoms with Crippen LogP contribution in [0.5, 0.6) is 0 Å². The molecule has 1 aromatic heterocycles. The summed E-state index contributed by atoms with van der Waals surface area (Å²) in [5, 5.41) is 0. The topological polar surface area (TPSA) is 19.4 Å². The van der Waals surface area contributed by atoms with Crippen molar-refractivity contribution in [1.82, 2.24) is 9.88 Å². The van der Waals surface area contributed by atoms with Crippen molar-refractivity contribution in [3.8, 4) is 0 Å². The van der Waals surface area contributed by atoms with E-state index in [-0.39, 0.29) is 0 Å². The highest BCUT2D eigenvalue weighted by Gasteiger charge is 2.30. The molecule has 24 heavy (non-hydrogen) atoms. The van der Waals surface area contributed by atoms with E-state index in [2.05, 4.69) is 9.88 Å². The molecule has 128 valence electrons. The number of hydrogen-bond donors (Lipinski definition) is 0. The zero-order valence-corrected chi connectivity index (χ0v) is 12.9. The SMILES string of the molecule is Fc1cc(N2CCN(Cc3cccc(C(F)(F)F)c3)CC2)ccn1. The number of pyridine rings is 1. The van der Waals surface area contributed by atoms with Crippen molar-refractivity contribution < 1.29 is 17.6 Å². The number of halogens is 4. The molecular weight excluding hydrogens is 322 g/mol. The van der Waals surface area contributed by atoms with Gasteiger partial charge in [-0.15, -0.1) is 0 Å². The summed E-state index contributed by atoms with van der Waals surface area (Å²) in [5.74, 6) is -0.515. The molecule has 1 aromatic carbocycles. The smallest absolute Gasteiger partial charge is 0.369 e. The lowest BCUT2D eigenvalue weighted by Crippen LogP contribution is -2.46. The molecule has 0 aliphatic carbocycles. The maximum Gasteiger partial charge on any atom is 0.416 e. The lowest BCUT2D eigenvalue weighted by molar-refractivity contribution is -0.137. The second-order valence-corrected chi connectivity index (χ2v) is 5.80. The van der Waals surface area contributed by atoms with Crippen molar-refractivity contribution in [2.75, 3.05) is 31.1 Å². The predicted molar refractivity (Wildman–Crippen MR) is 83.1 cm³/mol. The molecule has 0 atom stereocenters. The van der Waals surface area contributed by atoms with Gasteiger partial charge in [-0.25, -0.2) is 4.98 Å². The van der Waals surface area contributed by atoms with Crippen LogP contribution in [0.15, 0.2) is 42.6 Å². The molecular formula is C17H17F4N3. The summed E-state index contributed by atoms with van der Waals surface area (Å²) >= 11 is 0. The number of piperazine rings is 1. The number of nitrogens with zero attached hydrogens (tertiary/aromatic N) is 3. The lowest BCUT2D eigenvalue weighted by Gasteiger charge is -2.36. The van der Waals surface area contributed by atoms with Crippen LogP contribution in [0, 0.1) is 5.95 Å². The van der Waals surface area contributed by atoms with Gasteiger partial charge in [-0.2, -0.15) is 17.6 Å². The highest BCUT2D eigenvalue weighted by Crippen LogP contribution is 2.29. The zero-order chi connectivity index (χ0) is 17.2. The van der Waals surface area contributed by atoms with Crippen molar-refractivity contribution in [3.05, 3.63) is 59.7 Å². The van der Waals surface area contributed by atoms with Crippen molar-refractivity contribution >= 4 is 5.69 Å². The number of anilines is 1. The fourth-order valence-corrected chi connectivity index (χ4v) is 2.86. The lowest BCUT2D eigenvalue weighted by atomic mass is 10.1. The molecule has 0 spiro atoms. The Balaban J connectivity index is 1.60. The molecule has 2 aromatic rings. The third kappa shape index (κ3) is 4.03. The van der Waals surface area contributed by atoms with Crippen molar-refractivity contribution in [2.45, 2.75) is 12.7 Å². The summed E-state index contributed by atoms with van der Waals surface area (Å²) < 4.78 is 51.5. The number of alkyl halides is 3. The van der Waals surface area contributed by atoms with Crippen molar-refractivity contribution in [2.24, 2.45) is 0 Å². The van der Waals surface area contributed by atoms with Crippen LogP contribution in [0.3, 0.4) is 0 Å². The summed E-state index contributed by atoms with van der Waals surface area (Å²) in [4.78, 5) is 7.69. The Morgan fingerprint density at radius 1 is 1.00 bits per heavy atom. The Morgan fingerprint density at radius 2 is 1.75 bits per heavy atom. The normalized spacial score (nSPS) is 16.4. The maximum absolute atomic E-state index is 13.2. The van der Waals surface area contributed by atoms with Crippen LogP contribution >= 0.6 is 0 Å². The Morgan fingerprint density at radius 3 is 2.42 bits per heavy atom. The molecule has 1 fully saturated rings. The fourth-order valence-electron chi connectivity index (χ4n) is 2.86. The first-order valence-electron chi connectivity index (χ1n) is 7.67. The molecule has 1 saturated heterocycles. The van der Waals surface area contributed by atoms with Crippen molar-refractivity contribution in [3.63, 3.8) is 0 Å². The highest BCUT2D eigenvalue weighted by molar-refractivity contribution is 5.45. The molecule has 1 aliphatic heterocycles. The Bertz CT molecular complexity index is 694. The summed E-state index contributed by atoms with van der Waals surface area (Å²) in [5.41, 5.74) is 0.806. The van der Waals surface area contributed by atoms with Crippen LogP contribution < -0.4 is 4.90 Å². The average molecular weight is 339 g/mol. The Kier molecular flexibility index (Phi) is 4.71. The van der Waals surface area contributed by atoms with Gasteiger partial charge in [-0.1, -0.05) is 18.2 Å². The minimum absolute atomic E-state index is 0.475. The number of benzene rings is 1. The zero-order valence-electron chi connectivity index (χ0n) is 12.9. The van der Waals surface area contributed by atoms with Crippen LogP contribution in [0.25, 0.3) is 0 Å². The van der Waals surface area contributed by atoms with E-state index in [4.69, 9.17) is 0 Å². The number of aromatic nitrogens is 1. The summed E-state index contributed by atoms with van der Waals surface area (Å²) in [6, 6.07) is 8.58. The van der Waals surface area contributed by atoms with E-state index >= 15 is 0 Å². The van der Waals surface area contributed by atoms with Gasteiger partial charge in [0.1, 0.15) is 0 Å². The third-order valence-electron chi connectivity index (χ3n) is 4.11. The molecule has 0 radical (unpaired) electrons. The van der Waals surface area contributed by atoms with Gasteiger partial charge in [0.05, 0.1) is 5.56 Å². The maximum atomic E-state index is 13.2. The molecule has 2 heterocycles. The second-order valence-electron chi connectivity index (χ2n) is 5.80. The monoisotopic (exact) mass is 339 g/mol. The van der Waals surface area contributed by atoms with Crippen LogP contribution in [-0.4, -0.2) is 36.1 Å². The Labute approximate surface area is 137 Å². The van der Waals surface area contributed by atoms with E-state index in [1.807, 2.05) is 4.90 Å². The van der Waals surface area contributed by atoms with Crippen LogP contribution in [-0.2, 0) is 12.7 Å². The fraction of sp³-hybridized carbons (Fsp3) is 0.353. The number of hydrogen-bond acceptors (Lipinski definition) is 3. The molecule has 3 nitrogen and oxygen atoms in total. The van der Waals surface area contributed by atoms with E-state index in [9.17, 15) is 17.6 Å². The first kappa shape index (κ1) is 16.7. The van der Waals surface area contributed by atoms with Gasteiger partial charge in [0, 0.05) is 50.7 Å². The molecule has 0 amide bonds. The van der Waals surface area contributed by atoms with Gasteiger partial charge in [0.15, 0.2) is 0 Å². The average Bonchev–Trinajstić information content (AvgIpc) is 2.55. The summed E-state index contributed by atoms with van der Waals surface area (Å²) in [7, 11) is 0. The van der Waals surface area contributed by atoms with Crippen LogP contribution in [0.4, 0.5) is 23.2 Å². The van der Waals surface area contributed by atoms with Crippen LogP contribution in [0.1, 0.15) is 11.1 Å². The van der Waals surface area contributed by atoms with E-state index in [0.29, 0.717) is 38.3 Å². The predicted octanol–water partition coefficient (Wildman–Crippen LogP) is 3.56. The highest BCUT2D eigenvalue weighted by atomic mass is 19.4. The van der Waals surface area contributed by atoms with E-state index in [0.717, 1.165) is 11.8 Å². The van der Waals surface area contributed by atoms with E-state index in [1.54, 1.807) is 12.1 Å². The summed E-state index contributed by atoms with van der Waals surface area (Å²) in [6.45, 7) is 3.29. The van der Waals surface area contributed by atoms with Gasteiger partial charge in [-0.05, 0) is 17.7 Å². The molecule has 0 N–H and O–H groups in total. The Hall–Kier alpha value is -2.15. The van der Waals surface area contributed by atoms with Crippen molar-refractivity contribution in [1.29, 1.82) is 0 Å². The van der Waals surface area contributed by atoms with Gasteiger partial charge in [-0.3, -0.25) is 4.90 Å². The first-order valence-corrected chi connectivity index (χ1v) is 7.67. The minimum atomic E-state index is -4.32. The number of rotatable bonds is 3. The van der Waals surface area contributed by atoms with E-state index in [1.165, 1.54) is 24.4 Å². The van der Waals surface area contributed by atoms with E-state index < -0.39 is 17.7 Å². The van der Waals surface area contributed by atoms with Gasteiger partial charge in [0.2, 0.25) is 5.95 Å². The molecule has 1 aliphatic rings. The molecule has 0 unspecified atom stereocenters. The second kappa shape index (κ2) is 6.76. The molecule has 0 bridgehead atoms. The van der Waals surface area contributed by atoms with Gasteiger partial charge < -0.3 is 4.90 Å². The quantitative estimate of drug-likeness (QED) is 0.630. The molecule has 7 heteroatoms. The van der Waals surface area contributed by atoms with Gasteiger partial charge in [0.25, 0.3) is 0 Å². The minimum Gasteiger partial charge on any atom is -0.369 e. The molecule has 3 rings (SSSR count). The van der Waals surface area contributed by atoms with Crippen LogP contribution in [0.2, 0.25) is 0 Å². The first-order chi connectivity index (χ1) is 11.4. The molecule has 0 saturated carbocycles.